The van der Waals surface area contributed by atoms with E-state index in [-0.39, 0.29) is 0 Å². The van der Waals surface area contributed by atoms with Gasteiger partial charge in [0.05, 0.1) is 28.6 Å². The molecule has 0 saturated heterocycles. The minimum Gasteiger partial charge on any atom is -0.381 e. The zero-order valence-electron chi connectivity index (χ0n) is 12.3. The topological polar surface area (TPSA) is 28.2 Å². The molecule has 2 aromatic rings. The summed E-state index contributed by atoms with van der Waals surface area (Å²) in [5.41, 5.74) is 3.69. The Balaban J connectivity index is 1.85. The van der Waals surface area contributed by atoms with Gasteiger partial charge in [0, 0.05) is 23.9 Å². The minimum atomic E-state index is 0.481. The molecule has 0 aliphatic carbocycles. The summed E-state index contributed by atoms with van der Waals surface area (Å²) in [6.45, 7) is 8.54. The predicted molar refractivity (Wildman–Crippen MR) is 86.8 cm³/mol. The van der Waals surface area contributed by atoms with E-state index in [1.54, 1.807) is 11.3 Å². The van der Waals surface area contributed by atoms with Gasteiger partial charge in [-0.1, -0.05) is 26.0 Å². The molecule has 0 radical (unpaired) electrons. The predicted octanol–water partition coefficient (Wildman–Crippen LogP) is 4.09. The van der Waals surface area contributed by atoms with Crippen molar-refractivity contribution in [3.63, 3.8) is 0 Å². The number of hydrogen-bond donors (Lipinski definition) is 1. The zero-order chi connectivity index (χ0) is 14.1. The van der Waals surface area contributed by atoms with Crippen LogP contribution in [0.5, 0.6) is 0 Å². The van der Waals surface area contributed by atoms with Crippen molar-refractivity contribution in [2.75, 3.05) is 16.8 Å². The summed E-state index contributed by atoms with van der Waals surface area (Å²) in [6, 6.07) is 9.00. The molecule has 1 unspecified atom stereocenters. The fraction of sp³-hybridized carbons (Fsp3) is 0.438. The van der Waals surface area contributed by atoms with Crippen LogP contribution in [0.15, 0.2) is 29.6 Å². The van der Waals surface area contributed by atoms with Gasteiger partial charge in [-0.15, -0.1) is 11.3 Å². The second kappa shape index (κ2) is 5.44. The molecule has 2 heterocycles. The molecule has 1 aromatic carbocycles. The monoisotopic (exact) mass is 287 g/mol. The first-order valence-electron chi connectivity index (χ1n) is 7.19. The van der Waals surface area contributed by atoms with Gasteiger partial charge in [-0.05, 0) is 19.1 Å². The molecule has 4 heteroatoms. The molecule has 0 saturated carbocycles. The molecule has 0 fully saturated rings. The number of hydrogen-bond acceptors (Lipinski definition) is 4. The molecular weight excluding hydrogens is 266 g/mol. The van der Waals surface area contributed by atoms with E-state index < -0.39 is 0 Å². The SMILES string of the molecule is CC(C)c1nc(CN2c3ccccc3NCC2C)cs1. The molecule has 0 bridgehead atoms. The van der Waals surface area contributed by atoms with Crippen LogP contribution < -0.4 is 10.2 Å². The van der Waals surface area contributed by atoms with Gasteiger partial charge < -0.3 is 10.2 Å². The van der Waals surface area contributed by atoms with Crippen LogP contribution in [0.1, 0.15) is 37.4 Å². The lowest BCUT2D eigenvalue weighted by Gasteiger charge is -2.37. The molecule has 0 amide bonds. The number of rotatable bonds is 3. The highest BCUT2D eigenvalue weighted by Gasteiger charge is 2.23. The van der Waals surface area contributed by atoms with Crippen LogP contribution in [0.25, 0.3) is 0 Å². The van der Waals surface area contributed by atoms with Crippen molar-refractivity contribution in [1.29, 1.82) is 0 Å². The Morgan fingerprint density at radius 1 is 1.40 bits per heavy atom. The highest BCUT2D eigenvalue weighted by atomic mass is 32.1. The Hall–Kier alpha value is -1.55. The largest absolute Gasteiger partial charge is 0.381 e. The lowest BCUT2D eigenvalue weighted by atomic mass is 10.1. The van der Waals surface area contributed by atoms with Crippen molar-refractivity contribution in [2.24, 2.45) is 0 Å². The smallest absolute Gasteiger partial charge is 0.0954 e. The van der Waals surface area contributed by atoms with Crippen LogP contribution in [0, 0.1) is 0 Å². The number of nitrogens with one attached hydrogen (secondary N) is 1. The molecule has 3 nitrogen and oxygen atoms in total. The third kappa shape index (κ3) is 2.52. The van der Waals surface area contributed by atoms with Crippen molar-refractivity contribution in [3.05, 3.63) is 40.3 Å². The fourth-order valence-electron chi connectivity index (χ4n) is 2.55. The van der Waals surface area contributed by atoms with Crippen molar-refractivity contribution >= 4 is 22.7 Å². The normalized spacial score (nSPS) is 18.0. The van der Waals surface area contributed by atoms with Crippen LogP contribution in [-0.2, 0) is 6.54 Å². The highest BCUT2D eigenvalue weighted by Crippen LogP contribution is 2.32. The van der Waals surface area contributed by atoms with E-state index in [0.29, 0.717) is 12.0 Å². The van der Waals surface area contributed by atoms with E-state index in [1.807, 2.05) is 0 Å². The van der Waals surface area contributed by atoms with Crippen LogP contribution in [0.2, 0.25) is 0 Å². The summed E-state index contributed by atoms with van der Waals surface area (Å²) < 4.78 is 0. The van der Waals surface area contributed by atoms with Gasteiger partial charge in [0.1, 0.15) is 0 Å². The first-order valence-corrected chi connectivity index (χ1v) is 8.07. The van der Waals surface area contributed by atoms with Crippen LogP contribution in [0.3, 0.4) is 0 Å². The molecule has 1 N–H and O–H groups in total. The fourth-order valence-corrected chi connectivity index (χ4v) is 3.38. The quantitative estimate of drug-likeness (QED) is 0.921. The number of para-hydroxylation sites is 2. The Bertz CT molecular complexity index is 591. The molecule has 3 rings (SSSR count). The van der Waals surface area contributed by atoms with E-state index in [4.69, 9.17) is 4.98 Å². The molecule has 1 atom stereocenters. The third-order valence-corrected chi connectivity index (χ3v) is 4.92. The Labute approximate surface area is 124 Å². The number of nitrogens with zero attached hydrogens (tertiary/aromatic N) is 2. The maximum atomic E-state index is 4.77. The third-order valence-electron chi connectivity index (χ3n) is 3.73. The lowest BCUT2D eigenvalue weighted by molar-refractivity contribution is 0.634. The molecular formula is C16H21N3S. The number of aromatic nitrogens is 1. The van der Waals surface area contributed by atoms with Crippen LogP contribution >= 0.6 is 11.3 Å². The summed E-state index contributed by atoms with van der Waals surface area (Å²) in [7, 11) is 0. The minimum absolute atomic E-state index is 0.481. The second-order valence-electron chi connectivity index (χ2n) is 5.71. The van der Waals surface area contributed by atoms with Gasteiger partial charge in [-0.25, -0.2) is 4.98 Å². The van der Waals surface area contributed by atoms with Gasteiger partial charge in [0.2, 0.25) is 0 Å². The highest BCUT2D eigenvalue weighted by molar-refractivity contribution is 7.09. The number of fused-ring (bicyclic) bond motifs is 1. The Morgan fingerprint density at radius 2 is 2.20 bits per heavy atom. The van der Waals surface area contributed by atoms with Crippen molar-refractivity contribution in [2.45, 2.75) is 39.3 Å². The van der Waals surface area contributed by atoms with Gasteiger partial charge in [-0.2, -0.15) is 0 Å². The van der Waals surface area contributed by atoms with Gasteiger partial charge >= 0.3 is 0 Å². The number of thiazole rings is 1. The molecule has 1 aliphatic heterocycles. The summed E-state index contributed by atoms with van der Waals surface area (Å²) in [6.07, 6.45) is 0. The van der Waals surface area contributed by atoms with Gasteiger partial charge in [0.15, 0.2) is 0 Å². The number of benzene rings is 1. The maximum Gasteiger partial charge on any atom is 0.0954 e. The molecule has 0 spiro atoms. The van der Waals surface area contributed by atoms with Crippen molar-refractivity contribution in [1.82, 2.24) is 4.98 Å². The average molecular weight is 287 g/mol. The van der Waals surface area contributed by atoms with Crippen molar-refractivity contribution < 1.29 is 0 Å². The van der Waals surface area contributed by atoms with E-state index in [9.17, 15) is 0 Å². The summed E-state index contributed by atoms with van der Waals surface area (Å²) in [4.78, 5) is 7.22. The van der Waals surface area contributed by atoms with Gasteiger partial charge in [-0.3, -0.25) is 0 Å². The first-order chi connectivity index (χ1) is 9.65. The average Bonchev–Trinajstić information content (AvgIpc) is 2.91. The van der Waals surface area contributed by atoms with E-state index in [0.717, 1.165) is 13.1 Å². The lowest BCUT2D eigenvalue weighted by Crippen LogP contribution is -2.41. The van der Waals surface area contributed by atoms with Gasteiger partial charge in [0.25, 0.3) is 0 Å². The van der Waals surface area contributed by atoms with Crippen molar-refractivity contribution in [3.8, 4) is 0 Å². The Kier molecular flexibility index (Phi) is 3.66. The Morgan fingerprint density at radius 3 is 2.95 bits per heavy atom. The molecule has 20 heavy (non-hydrogen) atoms. The second-order valence-corrected chi connectivity index (χ2v) is 6.60. The summed E-state index contributed by atoms with van der Waals surface area (Å²) in [5, 5.41) is 6.93. The van der Waals surface area contributed by atoms with Crippen LogP contribution in [-0.4, -0.2) is 17.6 Å². The molecule has 106 valence electrons. The standard InChI is InChI=1S/C16H21N3S/c1-11(2)16-18-13(10-20-16)9-19-12(3)8-17-14-6-4-5-7-15(14)19/h4-7,10-12,17H,8-9H2,1-3H3. The van der Waals surface area contributed by atoms with E-state index in [1.165, 1.54) is 22.1 Å². The first kappa shape index (κ1) is 13.4. The maximum absolute atomic E-state index is 4.77. The van der Waals surface area contributed by atoms with E-state index >= 15 is 0 Å². The molecule has 1 aromatic heterocycles. The number of anilines is 2. The van der Waals surface area contributed by atoms with Crippen LogP contribution in [0.4, 0.5) is 11.4 Å². The molecule has 1 aliphatic rings. The summed E-state index contributed by atoms with van der Waals surface area (Å²) in [5.74, 6) is 0.515. The zero-order valence-corrected chi connectivity index (χ0v) is 13.1. The summed E-state index contributed by atoms with van der Waals surface area (Å²) >= 11 is 1.78. The van der Waals surface area contributed by atoms with E-state index in [2.05, 4.69) is 60.6 Å².